The van der Waals surface area contributed by atoms with Gasteiger partial charge in [0.2, 0.25) is 0 Å². The molecule has 0 saturated carbocycles. The van der Waals surface area contributed by atoms with Gasteiger partial charge in [-0.15, -0.1) is 6.58 Å². The van der Waals surface area contributed by atoms with Gasteiger partial charge in [0.15, 0.2) is 0 Å². The van der Waals surface area contributed by atoms with Gasteiger partial charge in [-0.2, -0.15) is 13.2 Å². The van der Waals surface area contributed by atoms with E-state index in [1.807, 2.05) is 0 Å². The van der Waals surface area contributed by atoms with Crippen LogP contribution < -0.4 is 0 Å². The second-order valence-corrected chi connectivity index (χ2v) is 3.50. The standard InChI is InChI=1S/C12H12F3NO2/c1-2-3-4-7-18-11(17)9-5-6-10(16-8-9)12(13,14)15/h2,5-6,8H,1,3-4,7H2. The fourth-order valence-corrected chi connectivity index (χ4v) is 1.16. The van der Waals surface area contributed by atoms with Crippen LogP contribution in [0.2, 0.25) is 0 Å². The zero-order chi connectivity index (χ0) is 13.6. The van der Waals surface area contributed by atoms with Crippen molar-refractivity contribution in [3.05, 3.63) is 42.2 Å². The van der Waals surface area contributed by atoms with Crippen LogP contribution in [0.25, 0.3) is 0 Å². The smallest absolute Gasteiger partial charge is 0.433 e. The first-order valence-corrected chi connectivity index (χ1v) is 5.26. The maximum absolute atomic E-state index is 12.2. The summed E-state index contributed by atoms with van der Waals surface area (Å²) in [7, 11) is 0. The molecule has 0 unspecified atom stereocenters. The Bertz CT molecular complexity index is 412. The fourth-order valence-electron chi connectivity index (χ4n) is 1.16. The Kier molecular flexibility index (Phi) is 4.88. The highest BCUT2D eigenvalue weighted by atomic mass is 19.4. The van der Waals surface area contributed by atoms with Crippen LogP contribution in [0.15, 0.2) is 31.0 Å². The maximum atomic E-state index is 12.2. The Hall–Kier alpha value is -1.85. The number of allylic oxidation sites excluding steroid dienone is 1. The Labute approximate surface area is 102 Å². The fraction of sp³-hybridized carbons (Fsp3) is 0.333. The lowest BCUT2D eigenvalue weighted by Crippen LogP contribution is -2.11. The number of carbonyl (C=O) groups excluding carboxylic acids is 1. The van der Waals surface area contributed by atoms with Crippen LogP contribution in [0.3, 0.4) is 0 Å². The van der Waals surface area contributed by atoms with E-state index in [9.17, 15) is 18.0 Å². The van der Waals surface area contributed by atoms with Crippen molar-refractivity contribution in [3.8, 4) is 0 Å². The number of unbranched alkanes of at least 4 members (excludes halogenated alkanes) is 1. The van der Waals surface area contributed by atoms with Crippen molar-refractivity contribution in [3.63, 3.8) is 0 Å². The number of nitrogens with zero attached hydrogens (tertiary/aromatic N) is 1. The number of carbonyl (C=O) groups is 1. The van der Waals surface area contributed by atoms with E-state index in [1.54, 1.807) is 6.08 Å². The summed E-state index contributed by atoms with van der Waals surface area (Å²) in [5, 5.41) is 0. The Morgan fingerprint density at radius 3 is 2.67 bits per heavy atom. The molecule has 0 aromatic carbocycles. The van der Waals surface area contributed by atoms with E-state index in [0.717, 1.165) is 18.3 Å². The molecule has 0 aliphatic carbocycles. The molecular weight excluding hydrogens is 247 g/mol. The van der Waals surface area contributed by atoms with Crippen LogP contribution in [-0.4, -0.2) is 17.6 Å². The highest BCUT2D eigenvalue weighted by Crippen LogP contribution is 2.27. The predicted octanol–water partition coefficient (Wildman–Crippen LogP) is 3.22. The zero-order valence-electron chi connectivity index (χ0n) is 9.54. The number of ether oxygens (including phenoxy) is 1. The molecule has 1 rings (SSSR count). The van der Waals surface area contributed by atoms with Crippen molar-refractivity contribution in [1.82, 2.24) is 4.98 Å². The molecule has 0 amide bonds. The monoisotopic (exact) mass is 259 g/mol. The largest absolute Gasteiger partial charge is 0.462 e. The molecule has 0 bridgehead atoms. The number of esters is 1. The molecule has 1 aromatic rings. The quantitative estimate of drug-likeness (QED) is 0.463. The van der Waals surface area contributed by atoms with Gasteiger partial charge in [0.05, 0.1) is 12.2 Å². The Morgan fingerprint density at radius 2 is 2.17 bits per heavy atom. The third-order valence-electron chi connectivity index (χ3n) is 2.08. The molecule has 6 heteroatoms. The average Bonchev–Trinajstić information content (AvgIpc) is 2.33. The van der Waals surface area contributed by atoms with Crippen molar-refractivity contribution >= 4 is 5.97 Å². The van der Waals surface area contributed by atoms with Gasteiger partial charge < -0.3 is 4.74 Å². The summed E-state index contributed by atoms with van der Waals surface area (Å²) in [5.74, 6) is -0.680. The molecule has 0 atom stereocenters. The van der Waals surface area contributed by atoms with Crippen molar-refractivity contribution in [2.75, 3.05) is 6.61 Å². The minimum Gasteiger partial charge on any atom is -0.462 e. The average molecular weight is 259 g/mol. The molecule has 1 heterocycles. The van der Waals surface area contributed by atoms with Crippen molar-refractivity contribution in [2.24, 2.45) is 0 Å². The first kappa shape index (κ1) is 14.2. The Morgan fingerprint density at radius 1 is 1.44 bits per heavy atom. The van der Waals surface area contributed by atoms with E-state index in [1.165, 1.54) is 0 Å². The normalized spacial score (nSPS) is 11.1. The van der Waals surface area contributed by atoms with Crippen LogP contribution in [-0.2, 0) is 10.9 Å². The van der Waals surface area contributed by atoms with Crippen LogP contribution in [0.4, 0.5) is 13.2 Å². The van der Waals surface area contributed by atoms with Crippen molar-refractivity contribution in [1.29, 1.82) is 0 Å². The molecule has 1 aromatic heterocycles. The van der Waals surface area contributed by atoms with Gasteiger partial charge in [-0.05, 0) is 25.0 Å². The van der Waals surface area contributed by atoms with Gasteiger partial charge in [0.25, 0.3) is 0 Å². The molecule has 0 radical (unpaired) electrons. The SMILES string of the molecule is C=CCCCOC(=O)c1ccc(C(F)(F)F)nc1. The van der Waals surface area contributed by atoms with E-state index >= 15 is 0 Å². The van der Waals surface area contributed by atoms with E-state index in [2.05, 4.69) is 11.6 Å². The molecule has 3 nitrogen and oxygen atoms in total. The predicted molar refractivity (Wildman–Crippen MR) is 59.0 cm³/mol. The molecule has 18 heavy (non-hydrogen) atoms. The number of pyridine rings is 1. The van der Waals surface area contributed by atoms with Gasteiger partial charge in [0.1, 0.15) is 5.69 Å². The van der Waals surface area contributed by atoms with E-state index in [-0.39, 0.29) is 12.2 Å². The van der Waals surface area contributed by atoms with Crippen LogP contribution in [0.1, 0.15) is 28.9 Å². The van der Waals surface area contributed by atoms with Crippen LogP contribution in [0, 0.1) is 0 Å². The summed E-state index contributed by atoms with van der Waals surface area (Å²) >= 11 is 0. The van der Waals surface area contributed by atoms with Gasteiger partial charge >= 0.3 is 12.1 Å². The number of alkyl halides is 3. The topological polar surface area (TPSA) is 39.2 Å². The summed E-state index contributed by atoms with van der Waals surface area (Å²) < 4.78 is 41.5. The summed E-state index contributed by atoms with van der Waals surface area (Å²) in [6.07, 6.45) is -0.625. The maximum Gasteiger partial charge on any atom is 0.433 e. The minimum atomic E-state index is -4.51. The van der Waals surface area contributed by atoms with Gasteiger partial charge in [-0.1, -0.05) is 6.08 Å². The van der Waals surface area contributed by atoms with Crippen molar-refractivity contribution < 1.29 is 22.7 Å². The summed E-state index contributed by atoms with van der Waals surface area (Å²) in [6, 6.07) is 1.80. The lowest BCUT2D eigenvalue weighted by molar-refractivity contribution is -0.141. The van der Waals surface area contributed by atoms with Gasteiger partial charge in [0, 0.05) is 6.20 Å². The lowest BCUT2D eigenvalue weighted by Gasteiger charge is -2.06. The molecule has 0 aliphatic heterocycles. The second-order valence-electron chi connectivity index (χ2n) is 3.50. The summed E-state index contributed by atoms with van der Waals surface area (Å²) in [5.41, 5.74) is -1.03. The van der Waals surface area contributed by atoms with E-state index in [0.29, 0.717) is 12.8 Å². The molecule has 0 saturated heterocycles. The highest BCUT2D eigenvalue weighted by molar-refractivity contribution is 5.88. The van der Waals surface area contributed by atoms with E-state index in [4.69, 9.17) is 4.74 Å². The molecule has 98 valence electrons. The molecule has 0 fully saturated rings. The molecule has 0 aliphatic rings. The third-order valence-corrected chi connectivity index (χ3v) is 2.08. The number of hydrogen-bond donors (Lipinski definition) is 0. The van der Waals surface area contributed by atoms with Gasteiger partial charge in [-0.3, -0.25) is 4.98 Å². The lowest BCUT2D eigenvalue weighted by atomic mass is 10.2. The molecule has 0 spiro atoms. The van der Waals surface area contributed by atoms with Crippen molar-refractivity contribution in [2.45, 2.75) is 19.0 Å². The number of rotatable bonds is 5. The van der Waals surface area contributed by atoms with Gasteiger partial charge in [-0.25, -0.2) is 4.79 Å². The highest BCUT2D eigenvalue weighted by Gasteiger charge is 2.32. The number of aromatic nitrogens is 1. The number of hydrogen-bond acceptors (Lipinski definition) is 3. The minimum absolute atomic E-state index is 0.00148. The molecule has 0 N–H and O–H groups in total. The summed E-state index contributed by atoms with van der Waals surface area (Å²) in [4.78, 5) is 14.6. The van der Waals surface area contributed by atoms with Crippen LogP contribution in [0.5, 0.6) is 0 Å². The third kappa shape index (κ3) is 4.20. The number of halogens is 3. The first-order chi connectivity index (χ1) is 8.45. The molecular formula is C12H12F3NO2. The Balaban J connectivity index is 2.57. The zero-order valence-corrected chi connectivity index (χ0v) is 9.54. The first-order valence-electron chi connectivity index (χ1n) is 5.26. The van der Waals surface area contributed by atoms with E-state index < -0.39 is 17.8 Å². The second kappa shape index (κ2) is 6.18. The summed E-state index contributed by atoms with van der Waals surface area (Å²) in [6.45, 7) is 3.71. The van der Waals surface area contributed by atoms with Crippen LogP contribution >= 0.6 is 0 Å².